The Morgan fingerprint density at radius 3 is 2.13 bits per heavy atom. The minimum Gasteiger partial charge on any atom is -0.373 e. The lowest BCUT2D eigenvalue weighted by atomic mass is 9.86. The summed E-state index contributed by atoms with van der Waals surface area (Å²) in [6.07, 6.45) is 5.71. The molecule has 0 aromatic carbocycles. The highest BCUT2D eigenvalue weighted by molar-refractivity contribution is 4.79. The summed E-state index contributed by atoms with van der Waals surface area (Å²) in [4.78, 5) is 0. The Kier molecular flexibility index (Phi) is 4.60. The molecule has 1 rings (SSSR count). The molecule has 0 aliphatic heterocycles. The molecule has 2 N–H and O–H groups in total. The maximum absolute atomic E-state index is 6.13. The van der Waals surface area contributed by atoms with E-state index in [1.54, 1.807) is 0 Å². The highest BCUT2D eigenvalue weighted by Gasteiger charge is 2.28. The van der Waals surface area contributed by atoms with Gasteiger partial charge in [-0.25, -0.2) is 0 Å². The van der Waals surface area contributed by atoms with Gasteiger partial charge in [0.15, 0.2) is 0 Å². The molecule has 0 saturated heterocycles. The van der Waals surface area contributed by atoms with E-state index in [-0.39, 0.29) is 11.5 Å². The van der Waals surface area contributed by atoms with E-state index in [0.717, 1.165) is 5.92 Å². The van der Waals surface area contributed by atoms with E-state index in [9.17, 15) is 0 Å². The number of nitrogens with two attached hydrogens (primary N) is 1. The summed E-state index contributed by atoms with van der Waals surface area (Å²) in [5, 5.41) is 0. The zero-order valence-electron chi connectivity index (χ0n) is 10.8. The van der Waals surface area contributed by atoms with Crippen molar-refractivity contribution in [2.24, 2.45) is 17.1 Å². The fraction of sp³-hybridized carbons (Fsp3) is 1.00. The maximum atomic E-state index is 6.13. The lowest BCUT2D eigenvalue weighted by molar-refractivity contribution is -0.0769. The summed E-state index contributed by atoms with van der Waals surface area (Å²) in [5.74, 6) is 0.885. The first-order chi connectivity index (χ1) is 6.93. The van der Waals surface area contributed by atoms with Gasteiger partial charge < -0.3 is 10.5 Å². The number of ether oxygens (including phenoxy) is 1. The number of hydrogen-bond donors (Lipinski definition) is 1. The summed E-state index contributed by atoms with van der Waals surface area (Å²) >= 11 is 0. The van der Waals surface area contributed by atoms with E-state index in [1.807, 2.05) is 0 Å². The summed E-state index contributed by atoms with van der Waals surface area (Å²) in [7, 11) is 0. The van der Waals surface area contributed by atoms with E-state index >= 15 is 0 Å². The third kappa shape index (κ3) is 4.12. The second-order valence-electron chi connectivity index (χ2n) is 6.11. The topological polar surface area (TPSA) is 35.2 Å². The molecule has 0 spiro atoms. The molecular weight excluding hydrogens is 186 g/mol. The maximum Gasteiger partial charge on any atom is 0.0749 e. The molecule has 0 amide bonds. The van der Waals surface area contributed by atoms with Gasteiger partial charge in [0.1, 0.15) is 0 Å². The van der Waals surface area contributed by atoms with Crippen molar-refractivity contribution in [3.8, 4) is 0 Å². The fourth-order valence-corrected chi connectivity index (χ4v) is 2.21. The molecular formula is C13H27NO. The second-order valence-corrected chi connectivity index (χ2v) is 6.11. The molecule has 2 heteroatoms. The molecule has 1 aliphatic carbocycles. The van der Waals surface area contributed by atoms with Crippen molar-refractivity contribution < 1.29 is 4.74 Å². The summed E-state index contributed by atoms with van der Waals surface area (Å²) in [5.41, 5.74) is 5.94. The highest BCUT2D eigenvalue weighted by atomic mass is 16.5. The Morgan fingerprint density at radius 1 is 1.20 bits per heavy atom. The molecule has 0 bridgehead atoms. The Hall–Kier alpha value is -0.0800. The Labute approximate surface area is 94.6 Å². The monoisotopic (exact) mass is 213 g/mol. The van der Waals surface area contributed by atoms with Gasteiger partial charge in [0, 0.05) is 6.54 Å². The van der Waals surface area contributed by atoms with Crippen molar-refractivity contribution in [3.63, 3.8) is 0 Å². The lowest BCUT2D eigenvalue weighted by Gasteiger charge is -2.35. The van der Waals surface area contributed by atoms with Gasteiger partial charge in [0.2, 0.25) is 0 Å². The van der Waals surface area contributed by atoms with E-state index < -0.39 is 0 Å². The van der Waals surface area contributed by atoms with Crippen LogP contribution in [0, 0.1) is 11.3 Å². The quantitative estimate of drug-likeness (QED) is 0.782. The molecule has 1 aliphatic rings. The number of rotatable bonds is 3. The third-order valence-corrected chi connectivity index (χ3v) is 3.50. The molecule has 0 heterocycles. The zero-order valence-corrected chi connectivity index (χ0v) is 10.8. The van der Waals surface area contributed by atoms with Crippen molar-refractivity contribution in [3.05, 3.63) is 0 Å². The van der Waals surface area contributed by atoms with Gasteiger partial charge in [-0.1, -0.05) is 27.7 Å². The van der Waals surface area contributed by atoms with Crippen LogP contribution in [-0.4, -0.2) is 18.8 Å². The van der Waals surface area contributed by atoms with Crippen molar-refractivity contribution in [2.45, 2.75) is 65.6 Å². The first kappa shape index (κ1) is 13.0. The van der Waals surface area contributed by atoms with E-state index in [4.69, 9.17) is 10.5 Å². The van der Waals surface area contributed by atoms with Crippen molar-refractivity contribution in [1.82, 2.24) is 0 Å². The van der Waals surface area contributed by atoms with Crippen LogP contribution < -0.4 is 5.73 Å². The molecule has 15 heavy (non-hydrogen) atoms. The second kappa shape index (κ2) is 5.31. The van der Waals surface area contributed by atoms with Gasteiger partial charge in [-0.3, -0.25) is 0 Å². The van der Waals surface area contributed by atoms with Crippen LogP contribution in [0.15, 0.2) is 0 Å². The van der Waals surface area contributed by atoms with Gasteiger partial charge in [-0.15, -0.1) is 0 Å². The molecule has 1 unspecified atom stereocenters. The molecule has 1 fully saturated rings. The Morgan fingerprint density at radius 2 is 1.73 bits per heavy atom. The van der Waals surface area contributed by atoms with Crippen LogP contribution in [0.5, 0.6) is 0 Å². The fourth-order valence-electron chi connectivity index (χ4n) is 2.21. The van der Waals surface area contributed by atoms with Crippen molar-refractivity contribution in [1.29, 1.82) is 0 Å². The van der Waals surface area contributed by atoms with Crippen LogP contribution in [0.1, 0.15) is 53.4 Å². The van der Waals surface area contributed by atoms with Gasteiger partial charge in [0.25, 0.3) is 0 Å². The van der Waals surface area contributed by atoms with E-state index in [0.29, 0.717) is 12.6 Å². The van der Waals surface area contributed by atoms with Crippen LogP contribution in [0.2, 0.25) is 0 Å². The van der Waals surface area contributed by atoms with Gasteiger partial charge >= 0.3 is 0 Å². The first-order valence-corrected chi connectivity index (χ1v) is 6.29. The molecule has 0 aromatic heterocycles. The smallest absolute Gasteiger partial charge is 0.0749 e. The molecule has 2 nitrogen and oxygen atoms in total. The minimum absolute atomic E-state index is 0.164. The average Bonchev–Trinajstić information content (AvgIpc) is 2.15. The Bertz CT molecular complexity index is 177. The predicted molar refractivity (Wildman–Crippen MR) is 64.8 cm³/mol. The number of hydrogen-bond acceptors (Lipinski definition) is 2. The summed E-state index contributed by atoms with van der Waals surface area (Å²) < 4.78 is 6.13. The first-order valence-electron chi connectivity index (χ1n) is 6.29. The van der Waals surface area contributed by atoms with Gasteiger partial charge in [-0.2, -0.15) is 0 Å². The highest BCUT2D eigenvalue weighted by Crippen LogP contribution is 2.30. The molecule has 1 atom stereocenters. The lowest BCUT2D eigenvalue weighted by Crippen LogP contribution is -2.40. The normalized spacial score (nSPS) is 30.2. The minimum atomic E-state index is 0.164. The van der Waals surface area contributed by atoms with Crippen LogP contribution in [-0.2, 0) is 4.74 Å². The molecule has 0 aromatic rings. The average molecular weight is 213 g/mol. The summed E-state index contributed by atoms with van der Waals surface area (Å²) in [6.45, 7) is 9.58. The predicted octanol–water partition coefficient (Wildman–Crippen LogP) is 2.96. The standard InChI is InChI=1S/C13H27NO/c1-10-5-7-11(8-6-10)15-12(9-14)13(2,3)4/h10-12H,5-9,14H2,1-4H3. The van der Waals surface area contributed by atoms with Crippen molar-refractivity contribution in [2.75, 3.05) is 6.54 Å². The largest absolute Gasteiger partial charge is 0.373 e. The molecule has 90 valence electrons. The van der Waals surface area contributed by atoms with Crippen molar-refractivity contribution >= 4 is 0 Å². The molecule has 0 radical (unpaired) electrons. The van der Waals surface area contributed by atoms with Gasteiger partial charge in [0.05, 0.1) is 12.2 Å². The molecule has 1 saturated carbocycles. The zero-order chi connectivity index (χ0) is 11.5. The Balaban J connectivity index is 2.39. The van der Waals surface area contributed by atoms with Crippen LogP contribution in [0.3, 0.4) is 0 Å². The van der Waals surface area contributed by atoms with E-state index in [1.165, 1.54) is 25.7 Å². The van der Waals surface area contributed by atoms with Crippen LogP contribution >= 0.6 is 0 Å². The third-order valence-electron chi connectivity index (χ3n) is 3.50. The SMILES string of the molecule is CC1CCC(OC(CN)C(C)(C)C)CC1. The van der Waals surface area contributed by atoms with Crippen LogP contribution in [0.4, 0.5) is 0 Å². The van der Waals surface area contributed by atoms with Crippen LogP contribution in [0.25, 0.3) is 0 Å². The summed E-state index contributed by atoms with van der Waals surface area (Å²) in [6, 6.07) is 0. The van der Waals surface area contributed by atoms with Gasteiger partial charge in [-0.05, 0) is 37.0 Å². The van der Waals surface area contributed by atoms with E-state index in [2.05, 4.69) is 27.7 Å².